The van der Waals surface area contributed by atoms with E-state index in [0.29, 0.717) is 61.5 Å². The van der Waals surface area contributed by atoms with Crippen LogP contribution in [-0.4, -0.2) is 64.6 Å². The summed E-state index contributed by atoms with van der Waals surface area (Å²) in [4.78, 5) is 47.0. The Morgan fingerprint density at radius 3 is 2.67 bits per heavy atom. The van der Waals surface area contributed by atoms with Crippen LogP contribution in [0.3, 0.4) is 0 Å². The Kier molecular flexibility index (Phi) is 12.9. The fourth-order valence-electron chi connectivity index (χ4n) is 7.92. The first-order chi connectivity index (χ1) is 26.8. The van der Waals surface area contributed by atoms with Crippen molar-refractivity contribution in [3.63, 3.8) is 0 Å². The number of carbonyl (C=O) groups excluding carboxylic acids is 2. The van der Waals surface area contributed by atoms with Crippen molar-refractivity contribution < 1.29 is 24.5 Å². The molecule has 0 amide bonds. The third-order valence-corrected chi connectivity index (χ3v) is 13.1. The maximum Gasteiger partial charge on any atom is 0.331 e. The van der Waals surface area contributed by atoms with Crippen LogP contribution in [0.5, 0.6) is 5.75 Å². The standard InChI is InChI=1S/C43H50N4O6S2/c48-36(10-2-1-5-21-44-26-38(50)33-12-14-37(49)41-34(33)13-16-40(51)46-41)39-15-11-31(55-39)25-45-43(20-17-30-7-3-4-9-35(30)43)42(52)53-28-29-18-22-47(23-19-29)27-32-8-6-24-54-32/h3-4,6-9,11-16,24,29,38,44-45,49-50H,1-2,5,10,17-23,25-28H2,(H,46,51)/t38-,43?/m0/s1. The minimum Gasteiger partial charge on any atom is -0.506 e. The molecule has 5 aromatic rings. The Bertz CT molecular complexity index is 2120. The number of aromatic nitrogens is 1. The van der Waals surface area contributed by atoms with Crippen LogP contribution in [-0.2, 0) is 34.6 Å². The molecule has 2 aromatic carbocycles. The maximum absolute atomic E-state index is 14.0. The molecule has 4 heterocycles. The first-order valence-corrected chi connectivity index (χ1v) is 21.1. The molecule has 1 saturated heterocycles. The van der Waals surface area contributed by atoms with Crippen molar-refractivity contribution in [3.8, 4) is 5.75 Å². The highest BCUT2D eigenvalue weighted by Crippen LogP contribution is 2.39. The first kappa shape index (κ1) is 39.1. The van der Waals surface area contributed by atoms with Gasteiger partial charge in [-0.15, -0.1) is 22.7 Å². The lowest BCUT2D eigenvalue weighted by Gasteiger charge is -2.33. The number of nitrogens with zero attached hydrogens (tertiary/aromatic N) is 1. The zero-order valence-corrected chi connectivity index (χ0v) is 32.7. The minimum absolute atomic E-state index is 0.0370. The molecule has 0 bridgehead atoms. The van der Waals surface area contributed by atoms with Gasteiger partial charge in [-0.05, 0) is 116 Å². The van der Waals surface area contributed by atoms with E-state index < -0.39 is 11.6 Å². The summed E-state index contributed by atoms with van der Waals surface area (Å²) in [7, 11) is 0. The third kappa shape index (κ3) is 9.45. The molecule has 1 aliphatic heterocycles. The fraction of sp³-hybridized carbons (Fsp3) is 0.419. The summed E-state index contributed by atoms with van der Waals surface area (Å²) in [6.45, 7) is 4.94. The summed E-state index contributed by atoms with van der Waals surface area (Å²) in [6, 6.07) is 22.5. The molecule has 0 saturated carbocycles. The number of phenols is 1. The van der Waals surface area contributed by atoms with Gasteiger partial charge in [-0.3, -0.25) is 19.8 Å². The number of rotatable bonds is 18. The molecule has 5 N–H and O–H groups in total. The minimum atomic E-state index is -0.910. The average Bonchev–Trinajstić information content (AvgIpc) is 3.98. The van der Waals surface area contributed by atoms with Gasteiger partial charge in [-0.2, -0.15) is 0 Å². The second-order valence-electron chi connectivity index (χ2n) is 14.8. The van der Waals surface area contributed by atoms with Crippen LogP contribution >= 0.6 is 22.7 Å². The molecule has 10 nitrogen and oxygen atoms in total. The van der Waals surface area contributed by atoms with Gasteiger partial charge < -0.3 is 25.3 Å². The number of piperidine rings is 1. The van der Waals surface area contributed by atoms with Crippen LogP contribution in [0.1, 0.15) is 87.2 Å². The Hall–Kier alpha value is -4.17. The van der Waals surface area contributed by atoms with Crippen molar-refractivity contribution in [2.75, 3.05) is 32.8 Å². The summed E-state index contributed by atoms with van der Waals surface area (Å²) in [6.07, 6.45) is 5.65. The van der Waals surface area contributed by atoms with Gasteiger partial charge in [0.15, 0.2) is 5.78 Å². The van der Waals surface area contributed by atoms with Crippen molar-refractivity contribution >= 4 is 45.3 Å². The van der Waals surface area contributed by atoms with Crippen LogP contribution in [0.15, 0.2) is 83.0 Å². The van der Waals surface area contributed by atoms with Gasteiger partial charge in [0.25, 0.3) is 0 Å². The highest BCUT2D eigenvalue weighted by Gasteiger charge is 2.46. The van der Waals surface area contributed by atoms with Gasteiger partial charge in [0.2, 0.25) is 5.56 Å². The Balaban J connectivity index is 0.846. The number of aryl methyl sites for hydroxylation is 1. The van der Waals surface area contributed by atoms with Crippen molar-refractivity contribution in [2.45, 2.75) is 76.1 Å². The first-order valence-electron chi connectivity index (χ1n) is 19.4. The molecule has 7 rings (SSSR count). The molecular weight excluding hydrogens is 733 g/mol. The van der Waals surface area contributed by atoms with Crippen molar-refractivity contribution in [1.82, 2.24) is 20.5 Å². The SMILES string of the molecule is O=C(CCCCCNC[C@H](O)c1ccc(O)c2[nH]c(=O)ccc12)c1ccc(CNC2(C(=O)OCC3CCN(Cc4cccs4)CC3)CCc3ccccc32)s1. The van der Waals surface area contributed by atoms with Crippen LogP contribution in [0.2, 0.25) is 0 Å². The van der Waals surface area contributed by atoms with E-state index in [9.17, 15) is 24.6 Å². The summed E-state index contributed by atoms with van der Waals surface area (Å²) in [5.74, 6) is 0.241. The number of phenolic OH excluding ortho intramolecular Hbond substituents is 1. The maximum atomic E-state index is 14.0. The second-order valence-corrected chi connectivity index (χ2v) is 17.0. The Labute approximate surface area is 329 Å². The molecule has 12 heteroatoms. The Morgan fingerprint density at radius 1 is 0.982 bits per heavy atom. The zero-order valence-electron chi connectivity index (χ0n) is 31.1. The number of ether oxygens (including phenoxy) is 1. The number of aromatic amines is 1. The molecule has 55 heavy (non-hydrogen) atoms. The molecule has 1 fully saturated rings. The summed E-state index contributed by atoms with van der Waals surface area (Å²) >= 11 is 3.28. The van der Waals surface area contributed by atoms with Gasteiger partial charge in [0, 0.05) is 47.3 Å². The smallest absolute Gasteiger partial charge is 0.331 e. The quantitative estimate of drug-likeness (QED) is 0.0368. The van der Waals surface area contributed by atoms with Gasteiger partial charge in [-0.1, -0.05) is 42.8 Å². The molecule has 3 aromatic heterocycles. The van der Waals surface area contributed by atoms with Crippen LogP contribution in [0, 0.1) is 5.92 Å². The van der Waals surface area contributed by atoms with E-state index in [4.69, 9.17) is 4.74 Å². The molecule has 0 radical (unpaired) electrons. The second kappa shape index (κ2) is 18.2. The lowest BCUT2D eigenvalue weighted by atomic mass is 9.91. The number of H-pyrrole nitrogens is 1. The number of aliphatic hydroxyl groups is 1. The summed E-state index contributed by atoms with van der Waals surface area (Å²) in [5.41, 5.74) is 1.88. The molecule has 2 atom stereocenters. The van der Waals surface area contributed by atoms with E-state index in [-0.39, 0.29) is 23.1 Å². The number of benzene rings is 2. The number of thiophene rings is 2. The van der Waals surface area contributed by atoms with Gasteiger partial charge in [-0.25, -0.2) is 4.79 Å². The molecular formula is C43H50N4O6S2. The van der Waals surface area contributed by atoms with Crippen LogP contribution < -0.4 is 16.2 Å². The van der Waals surface area contributed by atoms with Crippen LogP contribution in [0.25, 0.3) is 10.9 Å². The van der Waals surface area contributed by atoms with Crippen molar-refractivity contribution in [2.24, 2.45) is 5.92 Å². The normalized spacial score (nSPS) is 18.1. The summed E-state index contributed by atoms with van der Waals surface area (Å²) < 4.78 is 6.13. The number of pyridine rings is 1. The van der Waals surface area contributed by atoms with E-state index in [1.54, 1.807) is 23.5 Å². The van der Waals surface area contributed by atoms with E-state index >= 15 is 0 Å². The number of aliphatic hydroxyl groups excluding tert-OH is 1. The van der Waals surface area contributed by atoms with E-state index in [0.717, 1.165) is 73.5 Å². The van der Waals surface area contributed by atoms with Gasteiger partial charge >= 0.3 is 5.97 Å². The van der Waals surface area contributed by atoms with Crippen molar-refractivity contribution in [3.05, 3.63) is 120 Å². The van der Waals surface area contributed by atoms with E-state index in [1.165, 1.54) is 33.9 Å². The lowest BCUT2D eigenvalue weighted by Crippen LogP contribution is -2.48. The zero-order chi connectivity index (χ0) is 38.2. The Morgan fingerprint density at radius 2 is 1.84 bits per heavy atom. The lowest BCUT2D eigenvalue weighted by molar-refractivity contribution is -0.154. The third-order valence-electron chi connectivity index (χ3n) is 11.1. The topological polar surface area (TPSA) is 144 Å². The van der Waals surface area contributed by atoms with E-state index in [1.807, 2.05) is 30.3 Å². The highest BCUT2D eigenvalue weighted by molar-refractivity contribution is 7.14. The number of nitrogens with one attached hydrogen (secondary N) is 3. The average molecular weight is 783 g/mol. The number of hydrogen-bond acceptors (Lipinski definition) is 11. The van der Waals surface area contributed by atoms with Gasteiger partial charge in [0.1, 0.15) is 11.3 Å². The highest BCUT2D eigenvalue weighted by atomic mass is 32.1. The fourth-order valence-corrected chi connectivity index (χ4v) is 9.59. The number of ketones is 1. The number of fused-ring (bicyclic) bond motifs is 2. The monoisotopic (exact) mass is 782 g/mol. The van der Waals surface area contributed by atoms with Crippen LogP contribution in [0.4, 0.5) is 0 Å². The number of carbonyl (C=O) groups is 2. The summed E-state index contributed by atoms with van der Waals surface area (Å²) in [5, 5.41) is 30.5. The largest absolute Gasteiger partial charge is 0.506 e. The predicted octanol–water partition coefficient (Wildman–Crippen LogP) is 6.81. The molecule has 1 unspecified atom stereocenters. The number of likely N-dealkylation sites (tertiary alicyclic amines) is 1. The number of hydrogen-bond donors (Lipinski definition) is 5. The number of unbranched alkanes of at least 4 members (excludes halogenated alkanes) is 2. The molecule has 2 aliphatic rings. The molecule has 0 spiro atoms. The predicted molar refractivity (Wildman–Crippen MR) is 218 cm³/mol. The van der Waals surface area contributed by atoms with Gasteiger partial charge in [0.05, 0.1) is 23.1 Å². The number of Topliss-reactive ketones (excluding diaryl/α,β-unsaturated/α-hetero) is 1. The number of aromatic hydroxyl groups is 1. The number of esters is 1. The molecule has 1 aliphatic carbocycles. The van der Waals surface area contributed by atoms with Crippen molar-refractivity contribution in [1.29, 1.82) is 0 Å². The molecule has 290 valence electrons. The van der Waals surface area contributed by atoms with E-state index in [2.05, 4.69) is 44.1 Å².